The predicted octanol–water partition coefficient (Wildman–Crippen LogP) is 6.02. The van der Waals surface area contributed by atoms with Gasteiger partial charge in [-0.15, -0.1) is 0 Å². The number of ketones is 2. The molecule has 1 aliphatic heterocycles. The summed E-state index contributed by atoms with van der Waals surface area (Å²) in [5.74, 6) is -3.10. The zero-order valence-electron chi connectivity index (χ0n) is 26.2. The molecular formula is C38H29N3O7. The van der Waals surface area contributed by atoms with Gasteiger partial charge in [0, 0.05) is 11.1 Å². The summed E-state index contributed by atoms with van der Waals surface area (Å²) in [5.41, 5.74) is 1.48. The molecule has 0 atom stereocenters. The topological polar surface area (TPSA) is 125 Å². The maximum atomic E-state index is 14.1. The Kier molecular flexibility index (Phi) is 6.83. The van der Waals surface area contributed by atoms with E-state index < -0.39 is 34.9 Å². The highest BCUT2D eigenvalue weighted by Gasteiger charge is 2.47. The Hall–Kier alpha value is -5.90. The molecule has 4 aromatic carbocycles. The molecule has 0 N–H and O–H groups in total. The number of rotatable bonds is 6. The number of aromatic nitrogens is 2. The van der Waals surface area contributed by atoms with Crippen LogP contribution in [0.4, 0.5) is 5.69 Å². The molecule has 0 bridgehead atoms. The molecule has 5 aromatic rings. The number of Topliss-reactive ketones (excluding diaryl/α,β-unsaturated/α-hetero) is 2. The van der Waals surface area contributed by atoms with Gasteiger partial charge in [0.05, 0.1) is 41.9 Å². The van der Waals surface area contributed by atoms with Crippen LogP contribution >= 0.6 is 0 Å². The van der Waals surface area contributed by atoms with Crippen molar-refractivity contribution < 1.29 is 28.7 Å². The third-order valence-electron chi connectivity index (χ3n) is 9.71. The summed E-state index contributed by atoms with van der Waals surface area (Å²) in [6.07, 6.45) is 4.31. The lowest BCUT2D eigenvalue weighted by atomic mass is 9.96. The van der Waals surface area contributed by atoms with Gasteiger partial charge in [-0.05, 0) is 72.9 Å². The normalized spacial score (nSPS) is 16.2. The molecule has 10 nitrogen and oxygen atoms in total. The molecule has 1 aromatic heterocycles. The highest BCUT2D eigenvalue weighted by molar-refractivity contribution is 6.38. The molecule has 0 unspecified atom stereocenters. The monoisotopic (exact) mass is 639 g/mol. The molecule has 238 valence electrons. The molecule has 8 rings (SSSR count). The van der Waals surface area contributed by atoms with Crippen LogP contribution in [0.3, 0.4) is 0 Å². The van der Waals surface area contributed by atoms with Crippen LogP contribution in [0.2, 0.25) is 0 Å². The quantitative estimate of drug-likeness (QED) is 0.163. The van der Waals surface area contributed by atoms with Crippen LogP contribution in [-0.4, -0.2) is 47.2 Å². The number of ether oxygens (including phenoxy) is 2. The Morgan fingerprint density at radius 3 is 1.83 bits per heavy atom. The first-order chi connectivity index (χ1) is 23.3. The minimum Gasteiger partial charge on any atom is -0.494 e. The van der Waals surface area contributed by atoms with Crippen molar-refractivity contribution in [2.45, 2.75) is 37.5 Å². The molecule has 0 radical (unpaired) electrons. The van der Waals surface area contributed by atoms with Gasteiger partial charge in [-0.3, -0.25) is 28.5 Å². The van der Waals surface area contributed by atoms with Crippen LogP contribution < -0.4 is 19.9 Å². The summed E-state index contributed by atoms with van der Waals surface area (Å²) < 4.78 is 12.7. The van der Waals surface area contributed by atoms with E-state index in [0.29, 0.717) is 34.0 Å². The number of hydrogen-bond donors (Lipinski definition) is 0. The number of methoxy groups -OCH3 is 2. The van der Waals surface area contributed by atoms with Crippen LogP contribution in [-0.2, 0) is 0 Å². The van der Waals surface area contributed by atoms with Crippen molar-refractivity contribution in [3.05, 3.63) is 123 Å². The molecule has 2 heterocycles. The number of benzene rings is 4. The van der Waals surface area contributed by atoms with Gasteiger partial charge < -0.3 is 9.47 Å². The van der Waals surface area contributed by atoms with E-state index in [1.807, 2.05) is 12.1 Å². The first-order valence-corrected chi connectivity index (χ1v) is 15.8. The van der Waals surface area contributed by atoms with Crippen LogP contribution in [0.15, 0.2) is 83.7 Å². The average molecular weight is 640 g/mol. The van der Waals surface area contributed by atoms with Crippen molar-refractivity contribution in [3.8, 4) is 17.2 Å². The summed E-state index contributed by atoms with van der Waals surface area (Å²) in [7, 11) is 2.94. The Balaban J connectivity index is 1.23. The second-order valence-electron chi connectivity index (χ2n) is 12.3. The number of fused-ring (bicyclic) bond motifs is 3. The predicted molar refractivity (Wildman–Crippen MR) is 177 cm³/mol. The maximum Gasteiger partial charge on any atom is 0.266 e. The standard InChI is InChI=1S/C38H29N3O7/c1-47-29-16-21(20-10-6-7-11-20)17-30(48-2)32(29)41-37(45)26-18-24-25(19-27(26)38(41)46)34(43)31(33(24)42)35-39-28-15-9-8-14-23(28)36(44)40(35)22-12-4-3-5-13-22/h3-5,8-9,12-20,31H,6-7,10-11H2,1-2H3. The van der Waals surface area contributed by atoms with Crippen LogP contribution in [0.5, 0.6) is 11.5 Å². The Bertz CT molecular complexity index is 2210. The molecule has 48 heavy (non-hydrogen) atoms. The molecular weight excluding hydrogens is 610 g/mol. The summed E-state index contributed by atoms with van der Waals surface area (Å²) in [6, 6.07) is 21.7. The zero-order chi connectivity index (χ0) is 33.3. The number of hydrogen-bond acceptors (Lipinski definition) is 8. The minimum atomic E-state index is -1.45. The second-order valence-corrected chi connectivity index (χ2v) is 12.3. The van der Waals surface area contributed by atoms with E-state index in [9.17, 15) is 24.0 Å². The number of carbonyl (C=O) groups excluding carboxylic acids is 4. The van der Waals surface area contributed by atoms with E-state index in [-0.39, 0.29) is 33.8 Å². The van der Waals surface area contributed by atoms with Gasteiger partial charge in [0.25, 0.3) is 17.4 Å². The number of imide groups is 1. The minimum absolute atomic E-state index is 0.00993. The van der Waals surface area contributed by atoms with Crippen molar-refractivity contribution in [1.29, 1.82) is 0 Å². The van der Waals surface area contributed by atoms with Gasteiger partial charge in [-0.2, -0.15) is 0 Å². The van der Waals surface area contributed by atoms with Gasteiger partial charge in [0.2, 0.25) is 0 Å². The highest BCUT2D eigenvalue weighted by atomic mass is 16.5. The van der Waals surface area contributed by atoms with Crippen molar-refractivity contribution in [2.75, 3.05) is 19.1 Å². The molecule has 2 amide bonds. The Morgan fingerprint density at radius 1 is 0.688 bits per heavy atom. The van der Waals surface area contributed by atoms with E-state index in [2.05, 4.69) is 4.98 Å². The molecule has 0 spiro atoms. The maximum absolute atomic E-state index is 14.1. The largest absolute Gasteiger partial charge is 0.494 e. The van der Waals surface area contributed by atoms with Crippen LogP contribution in [0, 0.1) is 0 Å². The zero-order valence-corrected chi connectivity index (χ0v) is 26.2. The lowest BCUT2D eigenvalue weighted by Gasteiger charge is -2.22. The summed E-state index contributed by atoms with van der Waals surface area (Å²) in [4.78, 5) is 75.7. The van der Waals surface area contributed by atoms with Gasteiger partial charge in [0.1, 0.15) is 28.9 Å². The molecule has 1 fully saturated rings. The number of nitrogens with zero attached hydrogens (tertiary/aromatic N) is 3. The van der Waals surface area contributed by atoms with Crippen LogP contribution in [0.25, 0.3) is 16.6 Å². The Labute approximate surface area is 274 Å². The van der Waals surface area contributed by atoms with E-state index in [0.717, 1.165) is 36.1 Å². The summed E-state index contributed by atoms with van der Waals surface area (Å²) >= 11 is 0. The van der Waals surface area contributed by atoms with Crippen molar-refractivity contribution >= 4 is 40.0 Å². The first-order valence-electron chi connectivity index (χ1n) is 15.8. The number of carbonyl (C=O) groups is 4. The second kappa shape index (κ2) is 11.1. The third-order valence-corrected chi connectivity index (χ3v) is 9.71. The van der Waals surface area contributed by atoms with Gasteiger partial charge in [-0.1, -0.05) is 43.2 Å². The number of anilines is 1. The first kappa shape index (κ1) is 29.5. The lowest BCUT2D eigenvalue weighted by Crippen LogP contribution is -2.30. The lowest BCUT2D eigenvalue weighted by molar-refractivity contribution is 0.0881. The van der Waals surface area contributed by atoms with Gasteiger partial charge in [-0.25, -0.2) is 9.88 Å². The number of para-hydroxylation sites is 2. The van der Waals surface area contributed by atoms with E-state index in [4.69, 9.17) is 9.47 Å². The fourth-order valence-corrected chi connectivity index (χ4v) is 7.36. The van der Waals surface area contributed by atoms with Crippen molar-refractivity contribution in [3.63, 3.8) is 0 Å². The summed E-state index contributed by atoms with van der Waals surface area (Å²) in [5, 5.41) is 0.331. The van der Waals surface area contributed by atoms with Gasteiger partial charge in [0.15, 0.2) is 11.6 Å². The molecule has 0 saturated heterocycles. The fourth-order valence-electron chi connectivity index (χ4n) is 7.36. The summed E-state index contributed by atoms with van der Waals surface area (Å²) in [6.45, 7) is 0. The SMILES string of the molecule is COc1cc(C2CCCC2)cc(OC)c1N1C(=O)c2cc3c(cc2C1=O)C(=O)C(c1nc2ccccc2c(=O)n1-c1ccccc1)C3=O. The Morgan fingerprint density at radius 2 is 1.25 bits per heavy atom. The average Bonchev–Trinajstić information content (AvgIpc) is 3.80. The smallest absolute Gasteiger partial charge is 0.266 e. The highest BCUT2D eigenvalue weighted by Crippen LogP contribution is 2.47. The van der Waals surface area contributed by atoms with Gasteiger partial charge >= 0.3 is 0 Å². The molecule has 1 saturated carbocycles. The van der Waals surface area contributed by atoms with E-state index in [1.54, 1.807) is 54.6 Å². The van der Waals surface area contributed by atoms with E-state index in [1.165, 1.54) is 30.9 Å². The van der Waals surface area contributed by atoms with E-state index >= 15 is 0 Å². The van der Waals surface area contributed by atoms with Crippen molar-refractivity contribution in [1.82, 2.24) is 9.55 Å². The molecule has 3 aliphatic rings. The number of amides is 2. The third kappa shape index (κ3) is 4.25. The molecule has 10 heteroatoms. The molecule has 2 aliphatic carbocycles. The van der Waals surface area contributed by atoms with Crippen molar-refractivity contribution in [2.24, 2.45) is 0 Å². The fraction of sp³-hybridized carbons (Fsp3) is 0.211. The van der Waals surface area contributed by atoms with Crippen LogP contribution in [0.1, 0.15) is 90.3 Å².